The molecule has 4 rings (SSSR count). The molecule has 1 aliphatic rings. The lowest BCUT2D eigenvalue weighted by Gasteiger charge is -2.44. The highest BCUT2D eigenvalue weighted by molar-refractivity contribution is 6.33. The second-order valence-electron chi connectivity index (χ2n) is 11.7. The number of carbonyl (C=O) groups excluding carboxylic acids is 1. The fourth-order valence-electron chi connectivity index (χ4n) is 6.03. The number of carbonyl (C=O) groups is 2. The van der Waals surface area contributed by atoms with E-state index in [9.17, 15) is 19.8 Å². The number of nitrogens with one attached hydrogen (secondary N) is 1. The quantitative estimate of drug-likeness (QED) is 0.208. The number of aliphatic hydroxyl groups is 1. The van der Waals surface area contributed by atoms with E-state index in [1.165, 1.54) is 0 Å². The highest BCUT2D eigenvalue weighted by Crippen LogP contribution is 2.46. The highest BCUT2D eigenvalue weighted by atomic mass is 35.5. The van der Waals surface area contributed by atoms with Crippen LogP contribution in [0, 0.1) is 5.92 Å². The third-order valence-electron chi connectivity index (χ3n) is 8.47. The Morgan fingerprint density at radius 1 is 1.10 bits per heavy atom. The topological polar surface area (TPSA) is 116 Å². The molecular formula is C34H42ClN3O4. The van der Waals surface area contributed by atoms with Gasteiger partial charge in [0.25, 0.3) is 5.91 Å². The smallest absolute Gasteiger partial charge is 0.404 e. The first-order valence-electron chi connectivity index (χ1n) is 14.7. The van der Waals surface area contributed by atoms with E-state index in [-0.39, 0.29) is 17.9 Å². The van der Waals surface area contributed by atoms with Gasteiger partial charge in [-0.05, 0) is 79.0 Å². The number of hydrogen-bond donors (Lipinski definition) is 4. The van der Waals surface area contributed by atoms with Crippen LogP contribution in [0.1, 0.15) is 79.4 Å². The van der Waals surface area contributed by atoms with Crippen LogP contribution in [0.25, 0.3) is 11.1 Å². The number of rotatable bonds is 10. The van der Waals surface area contributed by atoms with Gasteiger partial charge in [-0.2, -0.15) is 0 Å². The Hall–Kier alpha value is -3.39. The van der Waals surface area contributed by atoms with Gasteiger partial charge in [0.2, 0.25) is 0 Å². The van der Waals surface area contributed by atoms with Gasteiger partial charge < -0.3 is 26.2 Å². The van der Waals surface area contributed by atoms with Crippen molar-refractivity contribution in [3.63, 3.8) is 0 Å². The summed E-state index contributed by atoms with van der Waals surface area (Å²) in [5.74, 6) is -0.0573. The Morgan fingerprint density at radius 3 is 2.48 bits per heavy atom. The predicted octanol–water partition coefficient (Wildman–Crippen LogP) is 6.77. The highest BCUT2D eigenvalue weighted by Gasteiger charge is 2.43. The van der Waals surface area contributed by atoms with Gasteiger partial charge in [-0.1, -0.05) is 74.0 Å². The van der Waals surface area contributed by atoms with Gasteiger partial charge >= 0.3 is 6.09 Å². The third-order valence-corrected chi connectivity index (χ3v) is 8.79. The summed E-state index contributed by atoms with van der Waals surface area (Å²) in [5, 5.41) is 25.1. The minimum atomic E-state index is -1.37. The first-order chi connectivity index (χ1) is 20.0. The molecule has 3 unspecified atom stereocenters. The number of carboxylic acid groups (broad SMARTS) is 1. The molecule has 1 heterocycles. The summed E-state index contributed by atoms with van der Waals surface area (Å²) in [6.07, 6.45) is 1.05. The standard InChI is InChI=1S/C34H42ClN3O4/c1-22(2)26-7-4-8-27(19-26)31-29(10-5-11-30(31)35)34(42,17-16-23(3)37-33(40)41)28-9-6-18-38(21-28)32(39)25-14-12-24(20-36)13-15-25/h4-5,7-8,10-15,19,22-23,28,37,42H,6,9,16-18,20-21,36H2,1-3H3,(H,40,41). The van der Waals surface area contributed by atoms with E-state index in [0.717, 1.165) is 28.7 Å². The van der Waals surface area contributed by atoms with E-state index >= 15 is 0 Å². The van der Waals surface area contributed by atoms with Crippen LogP contribution in [0.4, 0.5) is 4.79 Å². The normalized spacial score (nSPS) is 17.5. The molecule has 1 aliphatic heterocycles. The number of amides is 2. The van der Waals surface area contributed by atoms with Gasteiger partial charge in [-0.15, -0.1) is 0 Å². The van der Waals surface area contributed by atoms with Crippen molar-refractivity contribution in [1.82, 2.24) is 10.2 Å². The van der Waals surface area contributed by atoms with Crippen molar-refractivity contribution in [3.8, 4) is 11.1 Å². The number of piperidine rings is 1. The van der Waals surface area contributed by atoms with Gasteiger partial charge in [0.15, 0.2) is 0 Å². The van der Waals surface area contributed by atoms with Crippen molar-refractivity contribution in [3.05, 3.63) is 94.0 Å². The lowest BCUT2D eigenvalue weighted by molar-refractivity contribution is -0.0576. The maximum absolute atomic E-state index is 13.6. The predicted molar refractivity (Wildman–Crippen MR) is 168 cm³/mol. The van der Waals surface area contributed by atoms with Crippen molar-refractivity contribution in [2.24, 2.45) is 11.7 Å². The molecule has 1 saturated heterocycles. The van der Waals surface area contributed by atoms with Crippen LogP contribution in [-0.2, 0) is 12.1 Å². The minimum absolute atomic E-state index is 0.0810. The SMILES string of the molecule is CC(CCC(O)(c1cccc(Cl)c1-c1cccc(C(C)C)c1)C1CCCN(C(=O)c2ccc(CN)cc2)C1)NC(=O)O. The second kappa shape index (κ2) is 13.7. The van der Waals surface area contributed by atoms with Crippen LogP contribution in [-0.4, -0.2) is 46.2 Å². The first-order valence-corrected chi connectivity index (χ1v) is 15.1. The molecule has 0 bridgehead atoms. The zero-order valence-electron chi connectivity index (χ0n) is 24.6. The molecule has 224 valence electrons. The zero-order chi connectivity index (χ0) is 30.4. The summed E-state index contributed by atoms with van der Waals surface area (Å²) in [6.45, 7) is 7.44. The lowest BCUT2D eigenvalue weighted by atomic mass is 9.71. The van der Waals surface area contributed by atoms with Crippen LogP contribution in [0.2, 0.25) is 5.02 Å². The lowest BCUT2D eigenvalue weighted by Crippen LogP contribution is -2.49. The molecule has 8 heteroatoms. The van der Waals surface area contributed by atoms with Gasteiger partial charge in [0, 0.05) is 47.7 Å². The van der Waals surface area contributed by atoms with E-state index in [2.05, 4.69) is 31.3 Å². The summed E-state index contributed by atoms with van der Waals surface area (Å²) in [4.78, 5) is 26.7. The van der Waals surface area contributed by atoms with Crippen molar-refractivity contribution < 1.29 is 19.8 Å². The molecule has 42 heavy (non-hydrogen) atoms. The molecule has 5 N–H and O–H groups in total. The molecular weight excluding hydrogens is 550 g/mol. The Kier molecular flexibility index (Phi) is 10.3. The number of hydrogen-bond acceptors (Lipinski definition) is 4. The average Bonchev–Trinajstić information content (AvgIpc) is 2.99. The Bertz CT molecular complexity index is 1390. The third kappa shape index (κ3) is 7.14. The summed E-state index contributed by atoms with van der Waals surface area (Å²) >= 11 is 6.88. The molecule has 0 spiro atoms. The van der Waals surface area contributed by atoms with E-state index in [1.807, 2.05) is 47.4 Å². The molecule has 0 aliphatic carbocycles. The molecule has 0 saturated carbocycles. The number of halogens is 1. The van der Waals surface area contributed by atoms with Crippen molar-refractivity contribution in [1.29, 1.82) is 0 Å². The monoisotopic (exact) mass is 591 g/mol. The number of nitrogens with two attached hydrogens (primary N) is 1. The summed E-state index contributed by atoms with van der Waals surface area (Å²) in [5.41, 5.74) is 9.45. The van der Waals surface area contributed by atoms with Crippen LogP contribution in [0.5, 0.6) is 0 Å². The fraction of sp³-hybridized carbons (Fsp3) is 0.412. The Morgan fingerprint density at radius 2 is 1.81 bits per heavy atom. The Labute approximate surface area is 253 Å². The van der Waals surface area contributed by atoms with Crippen LogP contribution in [0.3, 0.4) is 0 Å². The molecule has 2 amide bonds. The second-order valence-corrected chi connectivity index (χ2v) is 12.2. The van der Waals surface area contributed by atoms with E-state index < -0.39 is 11.7 Å². The van der Waals surface area contributed by atoms with Crippen LogP contribution < -0.4 is 11.1 Å². The van der Waals surface area contributed by atoms with Crippen molar-refractivity contribution >= 4 is 23.6 Å². The van der Waals surface area contributed by atoms with Gasteiger partial charge in [-0.25, -0.2) is 4.79 Å². The number of benzene rings is 3. The fourth-order valence-corrected chi connectivity index (χ4v) is 6.31. The van der Waals surface area contributed by atoms with E-state index in [0.29, 0.717) is 61.0 Å². The summed E-state index contributed by atoms with van der Waals surface area (Å²) < 4.78 is 0. The van der Waals surface area contributed by atoms with Gasteiger partial charge in [0.1, 0.15) is 0 Å². The van der Waals surface area contributed by atoms with Crippen molar-refractivity contribution in [2.75, 3.05) is 13.1 Å². The molecule has 0 radical (unpaired) electrons. The Balaban J connectivity index is 1.75. The largest absolute Gasteiger partial charge is 0.465 e. The van der Waals surface area contributed by atoms with Crippen molar-refractivity contribution in [2.45, 2.75) is 70.6 Å². The molecule has 3 atom stereocenters. The average molecular weight is 592 g/mol. The van der Waals surface area contributed by atoms with Crippen LogP contribution >= 0.6 is 11.6 Å². The molecule has 7 nitrogen and oxygen atoms in total. The summed E-state index contributed by atoms with van der Waals surface area (Å²) in [6, 6.07) is 20.8. The van der Waals surface area contributed by atoms with Crippen LogP contribution in [0.15, 0.2) is 66.7 Å². The maximum atomic E-state index is 13.6. The molecule has 1 fully saturated rings. The zero-order valence-corrected chi connectivity index (χ0v) is 25.4. The number of likely N-dealkylation sites (tertiary alicyclic amines) is 1. The van der Waals surface area contributed by atoms with Gasteiger partial charge in [-0.3, -0.25) is 4.79 Å². The first kappa shape index (κ1) is 31.5. The van der Waals surface area contributed by atoms with E-state index in [4.69, 9.17) is 17.3 Å². The molecule has 3 aromatic rings. The maximum Gasteiger partial charge on any atom is 0.404 e. The minimum Gasteiger partial charge on any atom is -0.465 e. The van der Waals surface area contributed by atoms with Gasteiger partial charge in [0.05, 0.1) is 5.60 Å². The molecule has 3 aromatic carbocycles. The van der Waals surface area contributed by atoms with E-state index in [1.54, 1.807) is 19.1 Å². The molecule has 0 aromatic heterocycles. The number of nitrogens with zero attached hydrogens (tertiary/aromatic N) is 1. The summed E-state index contributed by atoms with van der Waals surface area (Å²) in [7, 11) is 0.